The molecule has 0 aliphatic carbocycles. The maximum atomic E-state index is 12.6. The minimum atomic E-state index is -1.25. The van der Waals surface area contributed by atoms with Crippen LogP contribution in [0.5, 0.6) is 0 Å². The van der Waals surface area contributed by atoms with E-state index >= 15 is 0 Å². The van der Waals surface area contributed by atoms with Crippen molar-refractivity contribution in [3.05, 3.63) is 76.2 Å². The first-order valence-corrected chi connectivity index (χ1v) is 7.98. The van der Waals surface area contributed by atoms with Crippen LogP contribution in [0.25, 0.3) is 10.8 Å². The summed E-state index contributed by atoms with van der Waals surface area (Å²) >= 11 is 0. The molecule has 1 amide bonds. The number of carbonyl (C=O) groups is 2. The van der Waals surface area contributed by atoms with Crippen molar-refractivity contribution in [3.63, 3.8) is 0 Å². The summed E-state index contributed by atoms with van der Waals surface area (Å²) in [6.07, 6.45) is 0. The smallest absolute Gasteiger partial charge is 0.357 e. The van der Waals surface area contributed by atoms with Gasteiger partial charge in [-0.05, 0) is 11.6 Å². The predicted molar refractivity (Wildman–Crippen MR) is 95.9 cm³/mol. The number of carboxylic acid groups (broad SMARTS) is 1. The Hall–Kier alpha value is -3.48. The van der Waals surface area contributed by atoms with Gasteiger partial charge in [0.25, 0.3) is 5.56 Å². The highest BCUT2D eigenvalue weighted by molar-refractivity contribution is 6.01. The van der Waals surface area contributed by atoms with Crippen LogP contribution in [0.4, 0.5) is 0 Å². The Bertz CT molecular complexity index is 1030. The zero-order valence-electron chi connectivity index (χ0n) is 14.1. The van der Waals surface area contributed by atoms with E-state index in [-0.39, 0.29) is 28.9 Å². The van der Waals surface area contributed by atoms with Crippen molar-refractivity contribution in [3.8, 4) is 0 Å². The Kier molecular flexibility index (Phi) is 4.79. The summed E-state index contributed by atoms with van der Waals surface area (Å²) in [7, 11) is 1.62. The average Bonchev–Trinajstić information content (AvgIpc) is 2.64. The zero-order valence-corrected chi connectivity index (χ0v) is 14.1. The zero-order chi connectivity index (χ0) is 18.7. The standard InChI is InChI=1S/C19H17N3O4/c1-21(11-13-7-3-2-4-8-13)16(23)12-22-18(24)15-10-6-5-9-14(15)17(20-22)19(25)26/h2-10H,11-12H2,1H3,(H,25,26). The predicted octanol–water partition coefficient (Wildman–Crippen LogP) is 1.75. The first-order valence-electron chi connectivity index (χ1n) is 7.98. The second kappa shape index (κ2) is 7.18. The van der Waals surface area contributed by atoms with Gasteiger partial charge in [0.15, 0.2) is 5.69 Å². The van der Waals surface area contributed by atoms with Gasteiger partial charge < -0.3 is 10.0 Å². The summed E-state index contributed by atoms with van der Waals surface area (Å²) in [4.78, 5) is 38.0. The summed E-state index contributed by atoms with van der Waals surface area (Å²) in [5.41, 5.74) is 0.208. The molecule has 0 fully saturated rings. The van der Waals surface area contributed by atoms with Crippen molar-refractivity contribution < 1.29 is 14.7 Å². The third-order valence-corrected chi connectivity index (χ3v) is 4.04. The van der Waals surface area contributed by atoms with Crippen LogP contribution in [0.1, 0.15) is 16.1 Å². The molecule has 7 nitrogen and oxygen atoms in total. The van der Waals surface area contributed by atoms with Crippen molar-refractivity contribution in [2.24, 2.45) is 0 Å². The summed E-state index contributed by atoms with van der Waals surface area (Å²) in [6.45, 7) is 0.0566. The molecule has 0 aliphatic heterocycles. The molecular formula is C19H17N3O4. The van der Waals surface area contributed by atoms with Gasteiger partial charge in [-0.3, -0.25) is 9.59 Å². The number of rotatable bonds is 5. The number of likely N-dealkylation sites (N-methyl/N-ethyl adjacent to an activating group) is 1. The number of benzene rings is 2. The van der Waals surface area contributed by atoms with E-state index in [0.29, 0.717) is 6.54 Å². The summed E-state index contributed by atoms with van der Waals surface area (Å²) < 4.78 is 0.912. The van der Waals surface area contributed by atoms with Crippen molar-refractivity contribution in [2.45, 2.75) is 13.1 Å². The molecule has 0 spiro atoms. The van der Waals surface area contributed by atoms with Crippen LogP contribution >= 0.6 is 0 Å². The van der Waals surface area contributed by atoms with Gasteiger partial charge in [0, 0.05) is 19.0 Å². The lowest BCUT2D eigenvalue weighted by molar-refractivity contribution is -0.131. The van der Waals surface area contributed by atoms with E-state index in [0.717, 1.165) is 10.2 Å². The molecule has 0 saturated heterocycles. The van der Waals surface area contributed by atoms with E-state index in [2.05, 4.69) is 5.10 Å². The van der Waals surface area contributed by atoms with Crippen LogP contribution in [0.2, 0.25) is 0 Å². The molecule has 3 aromatic rings. The van der Waals surface area contributed by atoms with Crippen molar-refractivity contribution in [1.82, 2.24) is 14.7 Å². The molecule has 132 valence electrons. The largest absolute Gasteiger partial charge is 0.476 e. The number of hydrogen-bond donors (Lipinski definition) is 1. The van der Waals surface area contributed by atoms with E-state index in [4.69, 9.17) is 0 Å². The maximum absolute atomic E-state index is 12.6. The fraction of sp³-hybridized carbons (Fsp3) is 0.158. The van der Waals surface area contributed by atoms with Gasteiger partial charge >= 0.3 is 5.97 Å². The molecule has 26 heavy (non-hydrogen) atoms. The fourth-order valence-electron chi connectivity index (χ4n) is 2.69. The third-order valence-electron chi connectivity index (χ3n) is 4.04. The molecule has 0 atom stereocenters. The van der Waals surface area contributed by atoms with E-state index in [1.165, 1.54) is 17.0 Å². The number of aromatic carboxylic acids is 1. The van der Waals surface area contributed by atoms with Crippen molar-refractivity contribution >= 4 is 22.6 Å². The number of carbonyl (C=O) groups excluding carboxylic acids is 1. The molecule has 2 aromatic carbocycles. The number of nitrogens with zero attached hydrogens (tertiary/aromatic N) is 3. The first kappa shape index (κ1) is 17.3. The number of hydrogen-bond acceptors (Lipinski definition) is 4. The van der Waals surface area contributed by atoms with Gasteiger partial charge in [0.05, 0.1) is 5.39 Å². The van der Waals surface area contributed by atoms with Gasteiger partial charge in [-0.15, -0.1) is 0 Å². The SMILES string of the molecule is CN(Cc1ccccc1)C(=O)Cn1nc(C(=O)O)c2ccccc2c1=O. The summed E-state index contributed by atoms with van der Waals surface area (Å²) in [5.74, 6) is -1.59. The Labute approximate surface area is 149 Å². The Morgan fingerprint density at radius 2 is 1.65 bits per heavy atom. The molecule has 0 unspecified atom stereocenters. The van der Waals surface area contributed by atoms with Crippen molar-refractivity contribution in [1.29, 1.82) is 0 Å². The Morgan fingerprint density at radius 1 is 1.04 bits per heavy atom. The maximum Gasteiger partial charge on any atom is 0.357 e. The van der Waals surface area contributed by atoms with E-state index in [9.17, 15) is 19.5 Å². The lowest BCUT2D eigenvalue weighted by Crippen LogP contribution is -2.35. The van der Waals surface area contributed by atoms with E-state index in [1.807, 2.05) is 30.3 Å². The molecule has 0 saturated carbocycles. The van der Waals surface area contributed by atoms with Gasteiger partial charge in [0.1, 0.15) is 6.54 Å². The molecule has 0 bridgehead atoms. The molecule has 1 heterocycles. The molecule has 1 N–H and O–H groups in total. The number of carboxylic acids is 1. The highest BCUT2D eigenvalue weighted by Crippen LogP contribution is 2.13. The van der Waals surface area contributed by atoms with E-state index < -0.39 is 11.5 Å². The minimum Gasteiger partial charge on any atom is -0.476 e. The molecule has 1 aromatic heterocycles. The second-order valence-electron chi connectivity index (χ2n) is 5.90. The molecule has 0 radical (unpaired) electrons. The second-order valence-corrected chi connectivity index (χ2v) is 5.90. The molecular weight excluding hydrogens is 334 g/mol. The van der Waals surface area contributed by atoms with E-state index in [1.54, 1.807) is 19.2 Å². The minimum absolute atomic E-state index is 0.221. The van der Waals surface area contributed by atoms with Crippen LogP contribution in [-0.4, -0.2) is 38.7 Å². The first-order chi connectivity index (χ1) is 12.5. The normalized spacial score (nSPS) is 10.7. The van der Waals surface area contributed by atoms with Gasteiger partial charge in [0.2, 0.25) is 5.91 Å². The Balaban J connectivity index is 1.91. The summed E-state index contributed by atoms with van der Waals surface area (Å²) in [6, 6.07) is 15.8. The third kappa shape index (κ3) is 3.46. The highest BCUT2D eigenvalue weighted by atomic mass is 16.4. The number of amides is 1. The van der Waals surface area contributed by atoms with Crippen LogP contribution in [0, 0.1) is 0 Å². The highest BCUT2D eigenvalue weighted by Gasteiger charge is 2.18. The lowest BCUT2D eigenvalue weighted by atomic mass is 10.1. The average molecular weight is 351 g/mol. The monoisotopic (exact) mass is 351 g/mol. The molecule has 3 rings (SSSR count). The molecule has 0 aliphatic rings. The topological polar surface area (TPSA) is 92.5 Å². The fourth-order valence-corrected chi connectivity index (χ4v) is 2.69. The van der Waals surface area contributed by atoms with Crippen LogP contribution in [-0.2, 0) is 17.9 Å². The summed E-state index contributed by atoms with van der Waals surface area (Å²) in [5, 5.41) is 13.7. The van der Waals surface area contributed by atoms with Gasteiger partial charge in [-0.2, -0.15) is 5.10 Å². The number of fused-ring (bicyclic) bond motifs is 1. The van der Waals surface area contributed by atoms with Gasteiger partial charge in [-0.1, -0.05) is 48.5 Å². The van der Waals surface area contributed by atoms with Crippen LogP contribution in [0.15, 0.2) is 59.4 Å². The lowest BCUT2D eigenvalue weighted by Gasteiger charge is -2.18. The molecule has 7 heteroatoms. The van der Waals surface area contributed by atoms with Crippen molar-refractivity contribution in [2.75, 3.05) is 7.05 Å². The Morgan fingerprint density at radius 3 is 2.31 bits per heavy atom. The van der Waals surface area contributed by atoms with Crippen LogP contribution in [0.3, 0.4) is 0 Å². The quantitative estimate of drug-likeness (QED) is 0.756. The van der Waals surface area contributed by atoms with Crippen LogP contribution < -0.4 is 5.56 Å². The number of aromatic nitrogens is 2. The van der Waals surface area contributed by atoms with Gasteiger partial charge in [-0.25, -0.2) is 9.48 Å².